The molecule has 1 aromatic heterocycles. The molecule has 1 aromatic carbocycles. The van der Waals surface area contributed by atoms with E-state index in [0.717, 1.165) is 29.8 Å². The summed E-state index contributed by atoms with van der Waals surface area (Å²) < 4.78 is 5.40. The minimum atomic E-state index is -0.0719. The van der Waals surface area contributed by atoms with Gasteiger partial charge in [-0.25, -0.2) is 0 Å². The van der Waals surface area contributed by atoms with Gasteiger partial charge in [0, 0.05) is 23.3 Å². The first-order chi connectivity index (χ1) is 13.1. The van der Waals surface area contributed by atoms with E-state index in [1.54, 1.807) is 25.6 Å². The highest BCUT2D eigenvalue weighted by atomic mass is 35.5. The summed E-state index contributed by atoms with van der Waals surface area (Å²) in [5.74, 6) is 0.566. The summed E-state index contributed by atoms with van der Waals surface area (Å²) in [7, 11) is 1.60. The van der Waals surface area contributed by atoms with Crippen LogP contribution in [0.5, 0.6) is 5.75 Å². The Labute approximate surface area is 165 Å². The van der Waals surface area contributed by atoms with Gasteiger partial charge in [-0.15, -0.1) is 0 Å². The smallest absolute Gasteiger partial charge is 0.253 e. The molecule has 3 rings (SSSR count). The van der Waals surface area contributed by atoms with Crippen molar-refractivity contribution in [2.45, 2.75) is 51.5 Å². The van der Waals surface area contributed by atoms with Crippen molar-refractivity contribution in [3.63, 3.8) is 0 Å². The van der Waals surface area contributed by atoms with Crippen LogP contribution in [0.3, 0.4) is 0 Å². The number of benzene rings is 1. The van der Waals surface area contributed by atoms with Crippen LogP contribution in [0.25, 0.3) is 0 Å². The first-order valence-corrected chi connectivity index (χ1v) is 9.81. The number of amides is 1. The molecular formula is C21H26ClN3O2. The van der Waals surface area contributed by atoms with E-state index in [9.17, 15) is 4.79 Å². The number of hydrogen-bond donors (Lipinski definition) is 2. The zero-order valence-electron chi connectivity index (χ0n) is 15.8. The van der Waals surface area contributed by atoms with Crippen molar-refractivity contribution in [3.05, 3.63) is 46.7 Å². The minimum absolute atomic E-state index is 0.0719. The number of ether oxygens (including phenoxy) is 1. The molecule has 2 N–H and O–H groups in total. The zero-order chi connectivity index (χ0) is 19.2. The van der Waals surface area contributed by atoms with Crippen molar-refractivity contribution < 1.29 is 9.53 Å². The molecule has 0 aliphatic heterocycles. The standard InChI is InChI=1S/C21H26ClN3O2/c1-14-9-19(20(27-2)11-18(14)22)24-17-10-15(12-23-13-17)21(26)25-16-7-5-3-4-6-8-16/h9-13,16,24H,3-8H2,1-2H3,(H,25,26). The Kier molecular flexibility index (Phi) is 6.56. The van der Waals surface area contributed by atoms with Crippen molar-refractivity contribution >= 4 is 28.9 Å². The van der Waals surface area contributed by atoms with Crippen molar-refractivity contribution in [1.82, 2.24) is 10.3 Å². The van der Waals surface area contributed by atoms with E-state index in [1.165, 1.54) is 25.7 Å². The summed E-state index contributed by atoms with van der Waals surface area (Å²) in [4.78, 5) is 16.8. The van der Waals surface area contributed by atoms with E-state index >= 15 is 0 Å². The molecule has 5 nitrogen and oxygen atoms in total. The van der Waals surface area contributed by atoms with E-state index in [2.05, 4.69) is 15.6 Å². The van der Waals surface area contributed by atoms with E-state index in [0.29, 0.717) is 16.3 Å². The molecule has 27 heavy (non-hydrogen) atoms. The Morgan fingerprint density at radius 3 is 2.59 bits per heavy atom. The van der Waals surface area contributed by atoms with Gasteiger partial charge < -0.3 is 15.4 Å². The minimum Gasteiger partial charge on any atom is -0.495 e. The van der Waals surface area contributed by atoms with Crippen LogP contribution in [0.2, 0.25) is 5.02 Å². The maximum absolute atomic E-state index is 12.6. The number of carbonyl (C=O) groups excluding carboxylic acids is 1. The SMILES string of the molecule is COc1cc(Cl)c(C)cc1Nc1cncc(C(=O)NC2CCCCCC2)c1. The Morgan fingerprint density at radius 1 is 1.15 bits per heavy atom. The van der Waals surface area contributed by atoms with Crippen LogP contribution in [-0.4, -0.2) is 24.0 Å². The van der Waals surface area contributed by atoms with Crippen LogP contribution in [0.1, 0.15) is 54.4 Å². The molecule has 6 heteroatoms. The average Bonchev–Trinajstić information content (AvgIpc) is 2.93. The second-order valence-corrected chi connectivity index (χ2v) is 7.46. The maximum Gasteiger partial charge on any atom is 0.253 e. The Balaban J connectivity index is 1.73. The molecule has 0 bridgehead atoms. The number of nitrogens with zero attached hydrogens (tertiary/aromatic N) is 1. The number of halogens is 1. The predicted molar refractivity (Wildman–Crippen MR) is 109 cm³/mol. The van der Waals surface area contributed by atoms with Gasteiger partial charge in [0.25, 0.3) is 5.91 Å². The van der Waals surface area contributed by atoms with Gasteiger partial charge in [-0.2, -0.15) is 0 Å². The number of methoxy groups -OCH3 is 1. The maximum atomic E-state index is 12.6. The van der Waals surface area contributed by atoms with Crippen LogP contribution in [0, 0.1) is 6.92 Å². The Bertz CT molecular complexity index is 802. The summed E-state index contributed by atoms with van der Waals surface area (Å²) in [5.41, 5.74) is 3.00. The number of carbonyl (C=O) groups is 1. The number of pyridine rings is 1. The normalized spacial score (nSPS) is 15.1. The second kappa shape index (κ2) is 9.09. The number of hydrogen-bond acceptors (Lipinski definition) is 4. The highest BCUT2D eigenvalue weighted by molar-refractivity contribution is 6.31. The largest absolute Gasteiger partial charge is 0.495 e. The first kappa shape index (κ1) is 19.5. The molecular weight excluding hydrogens is 362 g/mol. The quantitative estimate of drug-likeness (QED) is 0.688. The lowest BCUT2D eigenvalue weighted by Crippen LogP contribution is -2.34. The summed E-state index contributed by atoms with van der Waals surface area (Å²) in [6.45, 7) is 1.93. The van der Waals surface area contributed by atoms with Crippen molar-refractivity contribution in [3.8, 4) is 5.75 Å². The van der Waals surface area contributed by atoms with Crippen LogP contribution in [0.15, 0.2) is 30.6 Å². The van der Waals surface area contributed by atoms with Crippen LogP contribution in [-0.2, 0) is 0 Å². The molecule has 1 amide bonds. The van der Waals surface area contributed by atoms with E-state index in [1.807, 2.05) is 19.1 Å². The van der Waals surface area contributed by atoms with E-state index in [-0.39, 0.29) is 11.9 Å². The van der Waals surface area contributed by atoms with Gasteiger partial charge in [-0.3, -0.25) is 9.78 Å². The van der Waals surface area contributed by atoms with Crippen LogP contribution in [0.4, 0.5) is 11.4 Å². The number of anilines is 2. The summed E-state index contributed by atoms with van der Waals surface area (Å²) >= 11 is 6.17. The van der Waals surface area contributed by atoms with Gasteiger partial charge in [0.05, 0.1) is 30.2 Å². The molecule has 144 valence electrons. The third-order valence-electron chi connectivity index (χ3n) is 4.95. The molecule has 1 heterocycles. The third-order valence-corrected chi connectivity index (χ3v) is 5.36. The molecule has 0 unspecified atom stereocenters. The molecule has 0 radical (unpaired) electrons. The molecule has 0 atom stereocenters. The fourth-order valence-corrected chi connectivity index (χ4v) is 3.56. The zero-order valence-corrected chi connectivity index (χ0v) is 16.6. The van der Waals surface area contributed by atoms with E-state index < -0.39 is 0 Å². The summed E-state index contributed by atoms with van der Waals surface area (Å²) in [5, 5.41) is 7.08. The van der Waals surface area contributed by atoms with Crippen LogP contribution >= 0.6 is 11.6 Å². The van der Waals surface area contributed by atoms with Gasteiger partial charge in [-0.05, 0) is 37.5 Å². The number of aryl methyl sites for hydroxylation is 1. The topological polar surface area (TPSA) is 63.2 Å². The molecule has 2 aromatic rings. The summed E-state index contributed by atoms with van der Waals surface area (Å²) in [6.07, 6.45) is 10.3. The van der Waals surface area contributed by atoms with Gasteiger partial charge in [-0.1, -0.05) is 37.3 Å². The molecule has 0 saturated heterocycles. The number of aromatic nitrogens is 1. The second-order valence-electron chi connectivity index (χ2n) is 7.05. The van der Waals surface area contributed by atoms with Gasteiger partial charge >= 0.3 is 0 Å². The Morgan fingerprint density at radius 2 is 1.89 bits per heavy atom. The molecule has 1 saturated carbocycles. The van der Waals surface area contributed by atoms with Gasteiger partial charge in [0.15, 0.2) is 0 Å². The molecule has 1 aliphatic carbocycles. The Hall–Kier alpha value is -2.27. The fourth-order valence-electron chi connectivity index (χ4n) is 3.41. The predicted octanol–water partition coefficient (Wildman–Crippen LogP) is 5.25. The highest BCUT2D eigenvalue weighted by Gasteiger charge is 2.16. The fraction of sp³-hybridized carbons (Fsp3) is 0.429. The highest BCUT2D eigenvalue weighted by Crippen LogP contribution is 2.33. The number of nitrogens with one attached hydrogen (secondary N) is 2. The lowest BCUT2D eigenvalue weighted by molar-refractivity contribution is 0.0933. The van der Waals surface area contributed by atoms with Gasteiger partial charge in [0.1, 0.15) is 5.75 Å². The van der Waals surface area contributed by atoms with E-state index in [4.69, 9.17) is 16.3 Å². The van der Waals surface area contributed by atoms with Gasteiger partial charge in [0.2, 0.25) is 0 Å². The molecule has 1 aliphatic rings. The monoisotopic (exact) mass is 387 g/mol. The lowest BCUT2D eigenvalue weighted by Gasteiger charge is -2.17. The van der Waals surface area contributed by atoms with Crippen molar-refractivity contribution in [2.75, 3.05) is 12.4 Å². The summed E-state index contributed by atoms with van der Waals surface area (Å²) in [6, 6.07) is 5.76. The van der Waals surface area contributed by atoms with Crippen molar-refractivity contribution in [1.29, 1.82) is 0 Å². The first-order valence-electron chi connectivity index (χ1n) is 9.44. The average molecular weight is 388 g/mol. The molecule has 1 fully saturated rings. The third kappa shape index (κ3) is 5.13. The lowest BCUT2D eigenvalue weighted by atomic mass is 10.1. The van der Waals surface area contributed by atoms with Crippen LogP contribution < -0.4 is 15.4 Å². The molecule has 0 spiro atoms. The number of rotatable bonds is 5. The van der Waals surface area contributed by atoms with Crippen molar-refractivity contribution in [2.24, 2.45) is 0 Å².